The van der Waals surface area contributed by atoms with Gasteiger partial charge in [0.15, 0.2) is 5.11 Å². The molecule has 1 aromatic carbocycles. The predicted octanol–water partition coefficient (Wildman–Crippen LogP) is 2.48. The highest BCUT2D eigenvalue weighted by molar-refractivity contribution is 7.80. The molecular weight excluding hydrogens is 304 g/mol. The largest absolute Gasteiger partial charge is 0.507 e. The minimum atomic E-state index is -0.679. The van der Waals surface area contributed by atoms with Gasteiger partial charge in [-0.2, -0.15) is 0 Å². The van der Waals surface area contributed by atoms with Crippen LogP contribution < -0.4 is 15.7 Å². The fourth-order valence-corrected chi connectivity index (χ4v) is 1.91. The van der Waals surface area contributed by atoms with Crippen molar-refractivity contribution in [1.29, 1.82) is 0 Å². The van der Waals surface area contributed by atoms with Crippen LogP contribution in [0.5, 0.6) is 11.5 Å². The number of nitrogens with zero attached hydrogens (tertiary/aromatic N) is 1. The summed E-state index contributed by atoms with van der Waals surface area (Å²) in [6, 6.07) is 8.52. The van der Waals surface area contributed by atoms with E-state index in [4.69, 9.17) is 21.4 Å². The van der Waals surface area contributed by atoms with E-state index in [0.717, 1.165) is 6.21 Å². The lowest BCUT2D eigenvalue weighted by atomic mass is 10.2. The molecule has 0 aliphatic heterocycles. The zero-order chi connectivity index (χ0) is 16.1. The van der Waals surface area contributed by atoms with E-state index in [1.807, 2.05) is 12.1 Å². The Morgan fingerprint density at radius 1 is 1.45 bits per heavy atom. The smallest absolute Gasteiger partial charge is 0.348 e. The van der Waals surface area contributed by atoms with Crippen LogP contribution in [0.25, 0.3) is 0 Å². The normalized spacial score (nSPS) is 10.6. The van der Waals surface area contributed by atoms with Crippen LogP contribution in [0.2, 0.25) is 0 Å². The summed E-state index contributed by atoms with van der Waals surface area (Å²) in [5.74, 6) is 0.713. The van der Waals surface area contributed by atoms with Crippen molar-refractivity contribution in [3.63, 3.8) is 0 Å². The summed E-state index contributed by atoms with van der Waals surface area (Å²) in [5.41, 5.74) is -0.0940. The molecule has 7 heteroatoms. The van der Waals surface area contributed by atoms with Gasteiger partial charge in [0.1, 0.15) is 22.8 Å². The summed E-state index contributed by atoms with van der Waals surface area (Å²) >= 11 is 5.08. The van der Waals surface area contributed by atoms with Crippen molar-refractivity contribution in [1.82, 2.24) is 0 Å². The van der Waals surface area contributed by atoms with E-state index < -0.39 is 5.63 Å². The van der Waals surface area contributed by atoms with Crippen LogP contribution in [0.1, 0.15) is 11.3 Å². The number of aryl methyl sites for hydroxylation is 1. The molecule has 0 saturated carbocycles. The molecular formula is C15H14N2O4S. The summed E-state index contributed by atoms with van der Waals surface area (Å²) in [4.78, 5) is 15.6. The Bertz CT molecular complexity index is 783. The van der Waals surface area contributed by atoms with E-state index in [0.29, 0.717) is 17.2 Å². The number of anilines is 1. The average molecular weight is 318 g/mol. The number of methoxy groups -OCH3 is 1. The van der Waals surface area contributed by atoms with E-state index in [2.05, 4.69) is 10.3 Å². The molecule has 2 aromatic rings. The first-order valence-corrected chi connectivity index (χ1v) is 6.74. The number of hydrogen-bond donors (Lipinski definition) is 2. The SMILES string of the molecule is COc1ccccc1NC(=S)/N=C/c1c(O)cc(C)oc1=O. The third kappa shape index (κ3) is 3.70. The Labute approximate surface area is 132 Å². The van der Waals surface area contributed by atoms with Crippen LogP contribution in [-0.2, 0) is 0 Å². The van der Waals surface area contributed by atoms with Crippen molar-refractivity contribution in [2.75, 3.05) is 12.4 Å². The lowest BCUT2D eigenvalue weighted by Crippen LogP contribution is -2.11. The predicted molar refractivity (Wildman–Crippen MR) is 88.2 cm³/mol. The van der Waals surface area contributed by atoms with Crippen LogP contribution >= 0.6 is 12.2 Å². The Morgan fingerprint density at radius 3 is 2.86 bits per heavy atom. The third-order valence-corrected chi connectivity index (χ3v) is 2.96. The van der Waals surface area contributed by atoms with Gasteiger partial charge in [-0.25, -0.2) is 9.79 Å². The molecule has 2 rings (SSSR count). The highest BCUT2D eigenvalue weighted by Crippen LogP contribution is 2.23. The van der Waals surface area contributed by atoms with Crippen molar-refractivity contribution >= 4 is 29.2 Å². The maximum Gasteiger partial charge on any atom is 0.348 e. The average Bonchev–Trinajstić information content (AvgIpc) is 2.46. The topological polar surface area (TPSA) is 84.1 Å². The number of nitrogens with one attached hydrogen (secondary N) is 1. The molecule has 22 heavy (non-hydrogen) atoms. The van der Waals surface area contributed by atoms with Gasteiger partial charge in [0.2, 0.25) is 0 Å². The second-order valence-electron chi connectivity index (χ2n) is 4.33. The van der Waals surface area contributed by atoms with Gasteiger partial charge in [-0.3, -0.25) is 0 Å². The zero-order valence-electron chi connectivity index (χ0n) is 12.0. The second-order valence-corrected chi connectivity index (χ2v) is 4.72. The highest BCUT2D eigenvalue weighted by atomic mass is 32.1. The molecule has 0 spiro atoms. The summed E-state index contributed by atoms with van der Waals surface area (Å²) in [7, 11) is 1.54. The van der Waals surface area contributed by atoms with E-state index in [1.165, 1.54) is 6.07 Å². The van der Waals surface area contributed by atoms with Crippen molar-refractivity contribution < 1.29 is 14.3 Å². The van der Waals surface area contributed by atoms with Crippen molar-refractivity contribution in [3.05, 3.63) is 52.1 Å². The van der Waals surface area contributed by atoms with Gasteiger partial charge in [-0.05, 0) is 31.3 Å². The van der Waals surface area contributed by atoms with Gasteiger partial charge in [0.25, 0.3) is 0 Å². The number of hydrogen-bond acceptors (Lipinski definition) is 5. The number of aliphatic imine (C=N–C) groups is 1. The Morgan fingerprint density at radius 2 is 2.18 bits per heavy atom. The maximum atomic E-state index is 11.6. The highest BCUT2D eigenvalue weighted by Gasteiger charge is 2.08. The number of ether oxygens (including phenoxy) is 1. The molecule has 0 radical (unpaired) electrons. The molecule has 0 atom stereocenters. The van der Waals surface area contributed by atoms with Gasteiger partial charge in [0.05, 0.1) is 12.8 Å². The first-order valence-electron chi connectivity index (χ1n) is 6.33. The summed E-state index contributed by atoms with van der Waals surface area (Å²) < 4.78 is 10.1. The fraction of sp³-hybridized carbons (Fsp3) is 0.133. The Hall–Kier alpha value is -2.67. The number of aromatic hydroxyl groups is 1. The molecule has 2 N–H and O–H groups in total. The third-order valence-electron chi connectivity index (χ3n) is 2.75. The van der Waals surface area contributed by atoms with Gasteiger partial charge in [0, 0.05) is 12.3 Å². The van der Waals surface area contributed by atoms with Crippen LogP contribution in [0, 0.1) is 6.92 Å². The quantitative estimate of drug-likeness (QED) is 0.668. The second kappa shape index (κ2) is 6.86. The minimum Gasteiger partial charge on any atom is -0.507 e. The number of thiocarbonyl (C=S) groups is 1. The number of benzene rings is 1. The fourth-order valence-electron chi connectivity index (χ4n) is 1.74. The van der Waals surface area contributed by atoms with Crippen LogP contribution in [0.4, 0.5) is 5.69 Å². The van der Waals surface area contributed by atoms with Crippen molar-refractivity contribution in [2.45, 2.75) is 6.92 Å². The van der Waals surface area contributed by atoms with Crippen molar-refractivity contribution in [2.24, 2.45) is 4.99 Å². The van der Waals surface area contributed by atoms with E-state index in [9.17, 15) is 9.90 Å². The van der Waals surface area contributed by atoms with Crippen LogP contribution in [0.3, 0.4) is 0 Å². The molecule has 0 fully saturated rings. The molecule has 0 aliphatic rings. The van der Waals surface area contributed by atoms with Gasteiger partial charge in [-0.15, -0.1) is 0 Å². The van der Waals surface area contributed by atoms with Gasteiger partial charge >= 0.3 is 5.63 Å². The molecule has 0 saturated heterocycles. The first kappa shape index (κ1) is 15.7. The summed E-state index contributed by atoms with van der Waals surface area (Å²) in [5, 5.41) is 12.7. The van der Waals surface area contributed by atoms with Crippen LogP contribution in [0.15, 0.2) is 44.5 Å². The Balaban J connectivity index is 2.17. The lowest BCUT2D eigenvalue weighted by Gasteiger charge is -2.08. The van der Waals surface area contributed by atoms with Crippen molar-refractivity contribution in [3.8, 4) is 11.5 Å². The van der Waals surface area contributed by atoms with Gasteiger partial charge < -0.3 is 19.6 Å². The minimum absolute atomic E-state index is 0.0604. The maximum absolute atomic E-state index is 11.6. The molecule has 0 aliphatic carbocycles. The molecule has 114 valence electrons. The first-order chi connectivity index (χ1) is 10.5. The molecule has 6 nitrogen and oxygen atoms in total. The van der Waals surface area contributed by atoms with E-state index in [-0.39, 0.29) is 16.4 Å². The molecule has 1 aromatic heterocycles. The molecule has 1 heterocycles. The standard InChI is InChI=1S/C15H14N2O4S/c1-9-7-12(18)10(14(19)21-9)8-16-15(22)17-11-5-3-4-6-13(11)20-2/h3-8,18H,1-2H3,(H,17,22)/b16-8+. The van der Waals surface area contributed by atoms with Crippen LogP contribution in [-0.4, -0.2) is 23.5 Å². The Kier molecular flexibility index (Phi) is 4.90. The summed E-state index contributed by atoms with van der Waals surface area (Å²) in [6.07, 6.45) is 1.16. The van der Waals surface area contributed by atoms with Gasteiger partial charge in [-0.1, -0.05) is 12.1 Å². The lowest BCUT2D eigenvalue weighted by molar-refractivity contribution is 0.417. The molecule has 0 unspecified atom stereocenters. The summed E-state index contributed by atoms with van der Waals surface area (Å²) in [6.45, 7) is 1.57. The monoisotopic (exact) mass is 318 g/mol. The van der Waals surface area contributed by atoms with E-state index >= 15 is 0 Å². The zero-order valence-corrected chi connectivity index (χ0v) is 12.8. The number of para-hydroxylation sites is 2. The molecule has 0 bridgehead atoms. The number of rotatable bonds is 3. The van der Waals surface area contributed by atoms with E-state index in [1.54, 1.807) is 26.2 Å². The molecule has 0 amide bonds.